The number of allylic oxidation sites excluding steroid dienone is 4. The van der Waals surface area contributed by atoms with E-state index in [0.717, 1.165) is 6.08 Å². The van der Waals surface area contributed by atoms with Gasteiger partial charge in [0.2, 0.25) is 0 Å². The van der Waals surface area contributed by atoms with Crippen molar-refractivity contribution >= 4 is 15.9 Å². The van der Waals surface area contributed by atoms with Gasteiger partial charge in [0, 0.05) is 0 Å². The van der Waals surface area contributed by atoms with E-state index in [0.29, 0.717) is 10.1 Å². The molecule has 0 heterocycles. The zero-order valence-corrected chi connectivity index (χ0v) is 6.83. The molecule has 0 nitrogen and oxygen atoms in total. The largest absolute Gasteiger partial charge is 0.206 e. The van der Waals surface area contributed by atoms with Crippen molar-refractivity contribution in [2.24, 2.45) is 0 Å². The van der Waals surface area contributed by atoms with Crippen LogP contribution in [-0.2, 0) is 0 Å². The summed E-state index contributed by atoms with van der Waals surface area (Å²) in [6.07, 6.45) is 1.14. The zero-order chi connectivity index (χ0) is 7.44. The highest BCUT2D eigenvalue weighted by Gasteiger charge is 1.97. The Hall–Kier alpha value is -0.370. The lowest BCUT2D eigenvalue weighted by Crippen LogP contribution is -1.74. The Morgan fingerprint density at radius 1 is 1.67 bits per heavy atom. The molecule has 0 aliphatic heterocycles. The molecule has 0 aromatic heterocycles. The summed E-state index contributed by atoms with van der Waals surface area (Å²) < 4.78 is 12.8. The predicted octanol–water partition coefficient (Wildman–Crippen LogP) is 3.32. The van der Waals surface area contributed by atoms with Crippen molar-refractivity contribution in [2.75, 3.05) is 0 Å². The summed E-state index contributed by atoms with van der Waals surface area (Å²) in [7, 11) is 0. The van der Waals surface area contributed by atoms with E-state index in [4.69, 9.17) is 0 Å². The van der Waals surface area contributed by atoms with Crippen LogP contribution in [0.1, 0.15) is 6.92 Å². The van der Waals surface area contributed by atoms with Crippen LogP contribution in [0.25, 0.3) is 0 Å². The summed E-state index contributed by atoms with van der Waals surface area (Å²) in [5, 5.41) is 0. The molecule has 0 bridgehead atoms. The second kappa shape index (κ2) is 3.62. The Labute approximate surface area is 62.9 Å². The molecule has 2 heteroatoms. The Bertz CT molecular complexity index is 168. The van der Waals surface area contributed by atoms with E-state index in [1.807, 2.05) is 0 Å². The van der Waals surface area contributed by atoms with Crippen LogP contribution >= 0.6 is 15.9 Å². The molecule has 0 fully saturated rings. The molecule has 0 amide bonds. The molecule has 0 N–H and O–H groups in total. The Morgan fingerprint density at radius 2 is 2.11 bits per heavy atom. The first-order chi connectivity index (χ1) is 4.09. The lowest BCUT2D eigenvalue weighted by atomic mass is 10.3. The van der Waals surface area contributed by atoms with Gasteiger partial charge in [0.05, 0.1) is 4.48 Å². The van der Waals surface area contributed by atoms with Crippen LogP contribution in [0.4, 0.5) is 4.39 Å². The van der Waals surface area contributed by atoms with Crippen LogP contribution in [0.15, 0.2) is 35.1 Å². The highest BCUT2D eigenvalue weighted by molar-refractivity contribution is 9.12. The quantitative estimate of drug-likeness (QED) is 0.587. The van der Waals surface area contributed by atoms with E-state index in [1.54, 1.807) is 6.92 Å². The third-order valence-corrected chi connectivity index (χ3v) is 1.82. The van der Waals surface area contributed by atoms with Crippen LogP contribution in [0.3, 0.4) is 0 Å². The van der Waals surface area contributed by atoms with E-state index in [2.05, 4.69) is 29.1 Å². The van der Waals surface area contributed by atoms with Gasteiger partial charge in [-0.2, -0.15) is 0 Å². The molecule has 0 atom stereocenters. The first kappa shape index (κ1) is 8.63. The maximum atomic E-state index is 12.4. The molecule has 0 aliphatic rings. The molecule has 0 saturated carbocycles. The maximum Gasteiger partial charge on any atom is 0.137 e. The highest BCUT2D eigenvalue weighted by atomic mass is 79.9. The van der Waals surface area contributed by atoms with Gasteiger partial charge >= 0.3 is 0 Å². The monoisotopic (exact) mass is 190 g/mol. The van der Waals surface area contributed by atoms with Gasteiger partial charge in [0.15, 0.2) is 0 Å². The summed E-state index contributed by atoms with van der Waals surface area (Å²) >= 11 is 3.00. The SMILES string of the molecule is C=C/C(F)=C(/Br)C(=C)C. The lowest BCUT2D eigenvalue weighted by molar-refractivity contribution is 0.665. The molecule has 0 radical (unpaired) electrons. The maximum absolute atomic E-state index is 12.4. The minimum atomic E-state index is -0.373. The van der Waals surface area contributed by atoms with E-state index >= 15 is 0 Å². The van der Waals surface area contributed by atoms with Gasteiger partial charge in [-0.05, 0) is 34.5 Å². The van der Waals surface area contributed by atoms with Crippen molar-refractivity contribution in [3.8, 4) is 0 Å². The first-order valence-corrected chi connectivity index (χ1v) is 3.22. The molecule has 0 saturated heterocycles. The standard InChI is InChI=1S/C7H8BrF/c1-4-6(9)7(8)5(2)3/h4H,1-2H2,3H3/b7-6-. The number of hydrogen-bond acceptors (Lipinski definition) is 0. The number of halogens is 2. The molecule has 0 aliphatic carbocycles. The average molecular weight is 191 g/mol. The summed E-state index contributed by atoms with van der Waals surface area (Å²) in [5.41, 5.74) is 0.660. The third kappa shape index (κ3) is 2.61. The molecule has 0 aromatic carbocycles. The Balaban J connectivity index is 4.47. The Kier molecular flexibility index (Phi) is 3.47. The molecular weight excluding hydrogens is 183 g/mol. The van der Waals surface area contributed by atoms with Gasteiger partial charge in [-0.25, -0.2) is 4.39 Å². The van der Waals surface area contributed by atoms with Crippen molar-refractivity contribution < 1.29 is 4.39 Å². The van der Waals surface area contributed by atoms with Crippen LogP contribution in [0, 0.1) is 0 Å². The van der Waals surface area contributed by atoms with Crippen molar-refractivity contribution in [2.45, 2.75) is 6.92 Å². The summed E-state index contributed by atoms with van der Waals surface area (Å²) in [5.74, 6) is -0.373. The van der Waals surface area contributed by atoms with Gasteiger partial charge in [0.1, 0.15) is 5.83 Å². The molecule has 9 heavy (non-hydrogen) atoms. The molecule has 0 rings (SSSR count). The number of rotatable bonds is 2. The van der Waals surface area contributed by atoms with Gasteiger partial charge in [-0.3, -0.25) is 0 Å². The summed E-state index contributed by atoms with van der Waals surface area (Å²) in [6.45, 7) is 8.51. The molecule has 0 aromatic rings. The highest BCUT2D eigenvalue weighted by Crippen LogP contribution is 2.20. The van der Waals surface area contributed by atoms with Crippen molar-refractivity contribution in [3.63, 3.8) is 0 Å². The van der Waals surface area contributed by atoms with Gasteiger partial charge < -0.3 is 0 Å². The molecule has 0 unspecified atom stereocenters. The fraction of sp³-hybridized carbons (Fsp3) is 0.143. The molecular formula is C7H8BrF. The van der Waals surface area contributed by atoms with E-state index in [1.165, 1.54) is 0 Å². The van der Waals surface area contributed by atoms with Crippen molar-refractivity contribution in [1.82, 2.24) is 0 Å². The second-order valence-electron chi connectivity index (χ2n) is 1.65. The average Bonchev–Trinajstić information content (AvgIpc) is 1.84. The van der Waals surface area contributed by atoms with E-state index in [9.17, 15) is 4.39 Å². The van der Waals surface area contributed by atoms with Crippen LogP contribution in [-0.4, -0.2) is 0 Å². The van der Waals surface area contributed by atoms with Crippen molar-refractivity contribution in [3.05, 3.63) is 35.1 Å². The van der Waals surface area contributed by atoms with E-state index in [-0.39, 0.29) is 5.83 Å². The molecule has 0 spiro atoms. The normalized spacial score (nSPS) is 12.3. The lowest BCUT2D eigenvalue weighted by Gasteiger charge is -1.94. The van der Waals surface area contributed by atoms with E-state index < -0.39 is 0 Å². The topological polar surface area (TPSA) is 0 Å². The third-order valence-electron chi connectivity index (χ3n) is 0.764. The summed E-state index contributed by atoms with van der Waals surface area (Å²) in [4.78, 5) is 0. The fourth-order valence-electron chi connectivity index (χ4n) is 0.293. The minimum Gasteiger partial charge on any atom is -0.206 e. The van der Waals surface area contributed by atoms with Gasteiger partial charge in [-0.1, -0.05) is 13.2 Å². The first-order valence-electron chi connectivity index (χ1n) is 2.43. The van der Waals surface area contributed by atoms with Gasteiger partial charge in [-0.15, -0.1) is 0 Å². The number of hydrogen-bond donors (Lipinski definition) is 0. The zero-order valence-electron chi connectivity index (χ0n) is 5.25. The smallest absolute Gasteiger partial charge is 0.137 e. The van der Waals surface area contributed by atoms with Crippen LogP contribution < -0.4 is 0 Å². The fourth-order valence-corrected chi connectivity index (χ4v) is 0.455. The van der Waals surface area contributed by atoms with Gasteiger partial charge in [0.25, 0.3) is 0 Å². The Morgan fingerprint density at radius 3 is 2.22 bits per heavy atom. The minimum absolute atomic E-state index is 0.373. The summed E-state index contributed by atoms with van der Waals surface area (Å²) in [6, 6.07) is 0. The van der Waals surface area contributed by atoms with Crippen LogP contribution in [0.5, 0.6) is 0 Å². The van der Waals surface area contributed by atoms with Crippen LogP contribution in [0.2, 0.25) is 0 Å². The second-order valence-corrected chi connectivity index (χ2v) is 2.44. The predicted molar refractivity (Wildman–Crippen MR) is 42.1 cm³/mol. The molecule has 50 valence electrons. The van der Waals surface area contributed by atoms with Crippen molar-refractivity contribution in [1.29, 1.82) is 0 Å².